The lowest BCUT2D eigenvalue weighted by molar-refractivity contribution is 0.0150. The molecule has 0 aliphatic carbocycles. The van der Waals surface area contributed by atoms with Crippen LogP contribution in [0.5, 0.6) is 0 Å². The second-order valence-corrected chi connectivity index (χ2v) is 4.66. The SMILES string of the molecule is CC1COCCC1C(N)c1cscn1. The topological polar surface area (TPSA) is 48.1 Å². The molecule has 0 aromatic carbocycles. The van der Waals surface area contributed by atoms with E-state index >= 15 is 0 Å². The maximum Gasteiger partial charge on any atom is 0.0795 e. The molecule has 3 nitrogen and oxygen atoms in total. The summed E-state index contributed by atoms with van der Waals surface area (Å²) in [6.45, 7) is 3.88. The molecule has 1 aliphatic heterocycles. The summed E-state index contributed by atoms with van der Waals surface area (Å²) in [7, 11) is 0. The first-order valence-corrected chi connectivity index (χ1v) is 5.94. The third-order valence-electron chi connectivity index (χ3n) is 2.96. The average Bonchev–Trinajstić information content (AvgIpc) is 2.70. The van der Waals surface area contributed by atoms with Gasteiger partial charge in [0.25, 0.3) is 0 Å². The Morgan fingerprint density at radius 3 is 3.21 bits per heavy atom. The van der Waals surface area contributed by atoms with Crippen LogP contribution in [0, 0.1) is 11.8 Å². The molecule has 1 aromatic rings. The average molecular weight is 212 g/mol. The van der Waals surface area contributed by atoms with Crippen LogP contribution in [0.2, 0.25) is 0 Å². The molecule has 4 heteroatoms. The van der Waals surface area contributed by atoms with Gasteiger partial charge in [0.2, 0.25) is 0 Å². The first kappa shape index (κ1) is 10.1. The van der Waals surface area contributed by atoms with Crippen LogP contribution in [0.1, 0.15) is 25.1 Å². The van der Waals surface area contributed by atoms with Crippen LogP contribution >= 0.6 is 11.3 Å². The molecular weight excluding hydrogens is 196 g/mol. The molecule has 1 aliphatic rings. The van der Waals surface area contributed by atoms with Crippen molar-refractivity contribution in [3.05, 3.63) is 16.6 Å². The predicted molar refractivity (Wildman–Crippen MR) is 57.1 cm³/mol. The Balaban J connectivity index is 2.06. The number of aromatic nitrogens is 1. The van der Waals surface area contributed by atoms with Crippen molar-refractivity contribution in [2.24, 2.45) is 17.6 Å². The van der Waals surface area contributed by atoms with Gasteiger partial charge in [-0.05, 0) is 18.3 Å². The third kappa shape index (κ3) is 1.97. The smallest absolute Gasteiger partial charge is 0.0795 e. The van der Waals surface area contributed by atoms with Crippen LogP contribution in [0.3, 0.4) is 0 Å². The van der Waals surface area contributed by atoms with Crippen LogP contribution in [-0.2, 0) is 4.74 Å². The van der Waals surface area contributed by atoms with Gasteiger partial charge in [-0.15, -0.1) is 11.3 Å². The maximum absolute atomic E-state index is 6.19. The molecule has 1 fully saturated rings. The van der Waals surface area contributed by atoms with Crippen molar-refractivity contribution in [3.8, 4) is 0 Å². The van der Waals surface area contributed by atoms with E-state index in [0.717, 1.165) is 25.3 Å². The minimum Gasteiger partial charge on any atom is -0.381 e. The van der Waals surface area contributed by atoms with Gasteiger partial charge in [0.15, 0.2) is 0 Å². The highest BCUT2D eigenvalue weighted by molar-refractivity contribution is 7.07. The summed E-state index contributed by atoms with van der Waals surface area (Å²) in [6, 6.07) is 0.0835. The van der Waals surface area contributed by atoms with Gasteiger partial charge in [-0.3, -0.25) is 0 Å². The fourth-order valence-corrected chi connectivity index (χ4v) is 2.64. The molecule has 2 N–H and O–H groups in total. The van der Waals surface area contributed by atoms with E-state index < -0.39 is 0 Å². The van der Waals surface area contributed by atoms with Crippen molar-refractivity contribution in [2.75, 3.05) is 13.2 Å². The maximum atomic E-state index is 6.19. The number of ether oxygens (including phenoxy) is 1. The lowest BCUT2D eigenvalue weighted by Gasteiger charge is -2.32. The fourth-order valence-electron chi connectivity index (χ4n) is 2.04. The van der Waals surface area contributed by atoms with Crippen LogP contribution < -0.4 is 5.73 Å². The molecule has 2 heterocycles. The predicted octanol–water partition coefficient (Wildman–Crippen LogP) is 1.82. The Bertz CT molecular complexity index is 276. The van der Waals surface area contributed by atoms with Gasteiger partial charge in [-0.25, -0.2) is 4.98 Å². The van der Waals surface area contributed by atoms with E-state index in [1.165, 1.54) is 0 Å². The molecule has 0 bridgehead atoms. The highest BCUT2D eigenvalue weighted by Crippen LogP contribution is 2.31. The molecule has 14 heavy (non-hydrogen) atoms. The van der Waals surface area contributed by atoms with Crippen LogP contribution in [0.15, 0.2) is 10.9 Å². The van der Waals surface area contributed by atoms with Gasteiger partial charge in [-0.2, -0.15) is 0 Å². The van der Waals surface area contributed by atoms with Crippen molar-refractivity contribution >= 4 is 11.3 Å². The number of nitrogens with zero attached hydrogens (tertiary/aromatic N) is 1. The molecule has 0 radical (unpaired) electrons. The van der Waals surface area contributed by atoms with E-state index in [2.05, 4.69) is 11.9 Å². The van der Waals surface area contributed by atoms with Gasteiger partial charge < -0.3 is 10.5 Å². The van der Waals surface area contributed by atoms with Crippen LogP contribution in [0.4, 0.5) is 0 Å². The van der Waals surface area contributed by atoms with Crippen LogP contribution in [0.25, 0.3) is 0 Å². The molecular formula is C10H16N2OS. The van der Waals surface area contributed by atoms with Gasteiger partial charge in [0.05, 0.1) is 17.2 Å². The van der Waals surface area contributed by atoms with Gasteiger partial charge in [0.1, 0.15) is 0 Å². The molecule has 0 amide bonds. The van der Waals surface area contributed by atoms with E-state index in [1.807, 2.05) is 10.9 Å². The van der Waals surface area contributed by atoms with E-state index in [9.17, 15) is 0 Å². The van der Waals surface area contributed by atoms with E-state index in [4.69, 9.17) is 10.5 Å². The van der Waals surface area contributed by atoms with E-state index in [1.54, 1.807) is 11.3 Å². The summed E-state index contributed by atoms with van der Waals surface area (Å²) >= 11 is 1.61. The number of rotatable bonds is 2. The summed E-state index contributed by atoms with van der Waals surface area (Å²) in [5.74, 6) is 1.06. The zero-order chi connectivity index (χ0) is 9.97. The summed E-state index contributed by atoms with van der Waals surface area (Å²) in [4.78, 5) is 4.28. The highest BCUT2D eigenvalue weighted by Gasteiger charge is 2.29. The largest absolute Gasteiger partial charge is 0.381 e. The summed E-state index contributed by atoms with van der Waals surface area (Å²) < 4.78 is 5.41. The monoisotopic (exact) mass is 212 g/mol. The Morgan fingerprint density at radius 2 is 2.57 bits per heavy atom. The van der Waals surface area contributed by atoms with Gasteiger partial charge >= 0.3 is 0 Å². The zero-order valence-corrected chi connectivity index (χ0v) is 9.17. The Morgan fingerprint density at radius 1 is 1.71 bits per heavy atom. The van der Waals surface area contributed by atoms with Gasteiger partial charge in [-0.1, -0.05) is 6.92 Å². The molecule has 3 unspecified atom stereocenters. The van der Waals surface area contributed by atoms with Crippen molar-refractivity contribution in [3.63, 3.8) is 0 Å². The number of nitrogens with two attached hydrogens (primary N) is 1. The molecule has 78 valence electrons. The minimum atomic E-state index is 0.0835. The molecule has 1 aromatic heterocycles. The molecule has 2 rings (SSSR count). The molecule has 0 saturated carbocycles. The van der Waals surface area contributed by atoms with E-state index in [-0.39, 0.29) is 6.04 Å². The summed E-state index contributed by atoms with van der Waals surface area (Å²) in [6.07, 6.45) is 1.06. The Kier molecular flexibility index (Phi) is 3.15. The standard InChI is InChI=1S/C10H16N2OS/c1-7-4-13-3-2-8(7)10(11)9-5-14-6-12-9/h5-8,10H,2-4,11H2,1H3. The van der Waals surface area contributed by atoms with E-state index in [0.29, 0.717) is 11.8 Å². The fraction of sp³-hybridized carbons (Fsp3) is 0.700. The molecule has 0 spiro atoms. The minimum absolute atomic E-state index is 0.0835. The lowest BCUT2D eigenvalue weighted by Crippen LogP contribution is -2.34. The molecule has 1 saturated heterocycles. The molecule has 3 atom stereocenters. The normalized spacial score (nSPS) is 30.1. The second kappa shape index (κ2) is 4.38. The van der Waals surface area contributed by atoms with Crippen LogP contribution in [-0.4, -0.2) is 18.2 Å². The van der Waals surface area contributed by atoms with Crippen molar-refractivity contribution < 1.29 is 4.74 Å². The third-order valence-corrected chi connectivity index (χ3v) is 3.57. The summed E-state index contributed by atoms with van der Waals surface area (Å²) in [5, 5.41) is 2.05. The van der Waals surface area contributed by atoms with Crippen molar-refractivity contribution in [2.45, 2.75) is 19.4 Å². The first-order valence-electron chi connectivity index (χ1n) is 5.00. The second-order valence-electron chi connectivity index (χ2n) is 3.94. The first-order chi connectivity index (χ1) is 6.79. The van der Waals surface area contributed by atoms with Crippen molar-refractivity contribution in [1.82, 2.24) is 4.98 Å². The Labute approximate surface area is 88.3 Å². The quantitative estimate of drug-likeness (QED) is 0.813. The number of hydrogen-bond donors (Lipinski definition) is 1. The Hall–Kier alpha value is -0.450. The zero-order valence-electron chi connectivity index (χ0n) is 8.35. The van der Waals surface area contributed by atoms with Gasteiger partial charge in [0, 0.05) is 18.6 Å². The lowest BCUT2D eigenvalue weighted by atomic mass is 9.83. The number of thiazole rings is 1. The summed E-state index contributed by atoms with van der Waals surface area (Å²) in [5.41, 5.74) is 9.08. The van der Waals surface area contributed by atoms with Crippen molar-refractivity contribution in [1.29, 1.82) is 0 Å². The highest BCUT2D eigenvalue weighted by atomic mass is 32.1. The number of hydrogen-bond acceptors (Lipinski definition) is 4.